The van der Waals surface area contributed by atoms with E-state index in [0.29, 0.717) is 0 Å². The Bertz CT molecular complexity index is 400. The highest BCUT2D eigenvalue weighted by molar-refractivity contribution is 9.10. The summed E-state index contributed by atoms with van der Waals surface area (Å²) in [7, 11) is 0. The van der Waals surface area contributed by atoms with Gasteiger partial charge in [0.1, 0.15) is 0 Å². The fourth-order valence-electron chi connectivity index (χ4n) is 3.63. The number of nitrogen functional groups attached to an aromatic ring is 1. The average molecular weight is 309 g/mol. The van der Waals surface area contributed by atoms with Crippen LogP contribution in [0.3, 0.4) is 0 Å². The SMILES string of the molecule is Nc1cccc(Br)c1CN1CC2CCCC(C2)C1. The number of benzene rings is 1. The first-order chi connectivity index (χ1) is 8.72. The van der Waals surface area contributed by atoms with Crippen molar-refractivity contribution in [3.8, 4) is 0 Å². The monoisotopic (exact) mass is 308 g/mol. The Morgan fingerprint density at radius 2 is 1.94 bits per heavy atom. The first kappa shape index (κ1) is 12.5. The van der Waals surface area contributed by atoms with Crippen molar-refractivity contribution in [2.75, 3.05) is 18.8 Å². The van der Waals surface area contributed by atoms with Crippen LogP contribution in [0.25, 0.3) is 0 Å². The number of hydrogen-bond acceptors (Lipinski definition) is 2. The molecule has 3 rings (SSSR count). The first-order valence-electron chi connectivity index (χ1n) is 6.97. The minimum absolute atomic E-state index is 0.917. The smallest absolute Gasteiger partial charge is 0.0371 e. The highest BCUT2D eigenvalue weighted by Gasteiger charge is 2.30. The van der Waals surface area contributed by atoms with Gasteiger partial charge in [0.05, 0.1) is 0 Å². The van der Waals surface area contributed by atoms with E-state index >= 15 is 0 Å². The number of fused-ring (bicyclic) bond motifs is 2. The molecule has 0 aromatic heterocycles. The van der Waals surface area contributed by atoms with Crippen LogP contribution in [0.5, 0.6) is 0 Å². The molecule has 1 saturated carbocycles. The van der Waals surface area contributed by atoms with Gasteiger partial charge in [0.2, 0.25) is 0 Å². The van der Waals surface area contributed by atoms with E-state index in [2.05, 4.69) is 26.9 Å². The molecule has 0 radical (unpaired) electrons. The summed E-state index contributed by atoms with van der Waals surface area (Å²) in [5, 5.41) is 0. The van der Waals surface area contributed by atoms with Crippen molar-refractivity contribution in [2.24, 2.45) is 11.8 Å². The molecule has 18 heavy (non-hydrogen) atoms. The summed E-state index contributed by atoms with van der Waals surface area (Å²) in [6.45, 7) is 3.52. The maximum atomic E-state index is 6.10. The van der Waals surface area contributed by atoms with Crippen LogP contribution in [0.1, 0.15) is 31.2 Å². The summed E-state index contributed by atoms with van der Waals surface area (Å²) < 4.78 is 1.15. The van der Waals surface area contributed by atoms with Crippen LogP contribution in [-0.2, 0) is 6.54 Å². The van der Waals surface area contributed by atoms with Crippen LogP contribution in [0.2, 0.25) is 0 Å². The molecule has 2 nitrogen and oxygen atoms in total. The zero-order chi connectivity index (χ0) is 12.5. The molecule has 2 atom stereocenters. The van der Waals surface area contributed by atoms with Gasteiger partial charge in [0.15, 0.2) is 0 Å². The van der Waals surface area contributed by atoms with Crippen LogP contribution in [0, 0.1) is 11.8 Å². The fourth-order valence-corrected chi connectivity index (χ4v) is 4.14. The maximum absolute atomic E-state index is 6.10. The second-order valence-electron chi connectivity index (χ2n) is 5.90. The first-order valence-corrected chi connectivity index (χ1v) is 7.77. The topological polar surface area (TPSA) is 29.3 Å². The van der Waals surface area contributed by atoms with Gasteiger partial charge < -0.3 is 5.73 Å². The summed E-state index contributed by atoms with van der Waals surface area (Å²) in [6, 6.07) is 6.11. The van der Waals surface area contributed by atoms with E-state index in [1.165, 1.54) is 44.3 Å². The average Bonchev–Trinajstić information content (AvgIpc) is 2.34. The quantitative estimate of drug-likeness (QED) is 0.845. The molecule has 2 aliphatic rings. The number of nitrogens with zero attached hydrogens (tertiary/aromatic N) is 1. The van der Waals surface area contributed by atoms with Crippen molar-refractivity contribution in [2.45, 2.75) is 32.2 Å². The van der Waals surface area contributed by atoms with Crippen molar-refractivity contribution < 1.29 is 0 Å². The van der Waals surface area contributed by atoms with Crippen molar-refractivity contribution in [3.05, 3.63) is 28.2 Å². The zero-order valence-electron chi connectivity index (χ0n) is 10.7. The molecule has 2 fully saturated rings. The van der Waals surface area contributed by atoms with Crippen molar-refractivity contribution in [1.82, 2.24) is 4.90 Å². The van der Waals surface area contributed by atoms with Gasteiger partial charge in [-0.05, 0) is 43.2 Å². The van der Waals surface area contributed by atoms with E-state index in [1.807, 2.05) is 12.1 Å². The summed E-state index contributed by atoms with van der Waals surface area (Å²) in [4.78, 5) is 2.61. The molecule has 1 heterocycles. The largest absolute Gasteiger partial charge is 0.398 e. The van der Waals surface area contributed by atoms with E-state index in [0.717, 1.165) is 28.5 Å². The van der Waals surface area contributed by atoms with Gasteiger partial charge in [-0.25, -0.2) is 0 Å². The van der Waals surface area contributed by atoms with Gasteiger partial charge >= 0.3 is 0 Å². The summed E-state index contributed by atoms with van der Waals surface area (Å²) in [5.74, 6) is 1.86. The Hall–Kier alpha value is -0.540. The summed E-state index contributed by atoms with van der Waals surface area (Å²) in [5.41, 5.74) is 8.28. The van der Waals surface area contributed by atoms with E-state index in [4.69, 9.17) is 5.73 Å². The predicted molar refractivity (Wildman–Crippen MR) is 79.3 cm³/mol. The lowest BCUT2D eigenvalue weighted by Crippen LogP contribution is -2.42. The molecule has 1 saturated heterocycles. The predicted octanol–water partition coefficient (Wildman–Crippen LogP) is 3.65. The highest BCUT2D eigenvalue weighted by Crippen LogP contribution is 2.35. The van der Waals surface area contributed by atoms with Crippen LogP contribution < -0.4 is 5.73 Å². The standard InChI is InChI=1S/C15H21BrN2/c16-14-5-2-6-15(17)13(14)10-18-8-11-3-1-4-12(7-11)9-18/h2,5-6,11-12H,1,3-4,7-10,17H2. The van der Waals surface area contributed by atoms with Crippen LogP contribution in [0.4, 0.5) is 5.69 Å². The van der Waals surface area contributed by atoms with Crippen LogP contribution in [0.15, 0.2) is 22.7 Å². The van der Waals surface area contributed by atoms with Gasteiger partial charge in [0.25, 0.3) is 0 Å². The fraction of sp³-hybridized carbons (Fsp3) is 0.600. The Balaban J connectivity index is 1.73. The molecule has 0 spiro atoms. The van der Waals surface area contributed by atoms with Crippen molar-refractivity contribution in [3.63, 3.8) is 0 Å². The third-order valence-corrected chi connectivity index (χ3v) is 5.20. The zero-order valence-corrected chi connectivity index (χ0v) is 12.3. The van der Waals surface area contributed by atoms with E-state index in [-0.39, 0.29) is 0 Å². The number of nitrogens with two attached hydrogens (primary N) is 1. The molecule has 2 N–H and O–H groups in total. The Morgan fingerprint density at radius 3 is 2.61 bits per heavy atom. The van der Waals surface area contributed by atoms with Gasteiger partial charge in [-0.15, -0.1) is 0 Å². The molecular weight excluding hydrogens is 288 g/mol. The van der Waals surface area contributed by atoms with E-state index in [9.17, 15) is 0 Å². The summed E-state index contributed by atoms with van der Waals surface area (Å²) in [6.07, 6.45) is 5.76. The third kappa shape index (κ3) is 2.57. The van der Waals surface area contributed by atoms with Gasteiger partial charge in [-0.1, -0.05) is 28.4 Å². The van der Waals surface area contributed by atoms with E-state index in [1.54, 1.807) is 0 Å². The molecule has 1 aliphatic heterocycles. The van der Waals surface area contributed by atoms with Gasteiger partial charge in [0, 0.05) is 35.4 Å². The second kappa shape index (κ2) is 5.22. The second-order valence-corrected chi connectivity index (χ2v) is 6.75. The van der Waals surface area contributed by atoms with Gasteiger partial charge in [-0.2, -0.15) is 0 Å². The molecule has 2 bridgehead atoms. The normalized spacial score (nSPS) is 28.3. The lowest BCUT2D eigenvalue weighted by atomic mass is 9.78. The van der Waals surface area contributed by atoms with Crippen molar-refractivity contribution in [1.29, 1.82) is 0 Å². The van der Waals surface area contributed by atoms with Crippen LogP contribution in [-0.4, -0.2) is 18.0 Å². The Kier molecular flexibility index (Phi) is 3.62. The number of halogens is 1. The number of rotatable bonds is 2. The molecule has 98 valence electrons. The minimum atomic E-state index is 0.917. The Labute approximate surface area is 118 Å². The Morgan fingerprint density at radius 1 is 1.22 bits per heavy atom. The number of hydrogen-bond donors (Lipinski definition) is 1. The minimum Gasteiger partial charge on any atom is -0.398 e. The number of likely N-dealkylation sites (tertiary alicyclic amines) is 1. The maximum Gasteiger partial charge on any atom is 0.0371 e. The van der Waals surface area contributed by atoms with Crippen molar-refractivity contribution >= 4 is 21.6 Å². The molecular formula is C15H21BrN2. The lowest BCUT2D eigenvalue weighted by molar-refractivity contribution is 0.0808. The van der Waals surface area contributed by atoms with Crippen LogP contribution >= 0.6 is 15.9 Å². The molecule has 3 heteroatoms. The molecule has 1 aromatic rings. The number of piperidine rings is 1. The third-order valence-electron chi connectivity index (χ3n) is 4.46. The number of anilines is 1. The molecule has 2 unspecified atom stereocenters. The highest BCUT2D eigenvalue weighted by atomic mass is 79.9. The lowest BCUT2D eigenvalue weighted by Gasteiger charge is -2.41. The van der Waals surface area contributed by atoms with Gasteiger partial charge in [-0.3, -0.25) is 4.90 Å². The molecule has 1 aliphatic carbocycles. The van der Waals surface area contributed by atoms with E-state index < -0.39 is 0 Å². The molecule has 1 aromatic carbocycles. The molecule has 0 amide bonds. The summed E-state index contributed by atoms with van der Waals surface area (Å²) >= 11 is 3.63.